The molecule has 4 aromatic rings. The lowest BCUT2D eigenvalue weighted by atomic mass is 10.0. The average Bonchev–Trinajstić information content (AvgIpc) is 3.44. The van der Waals surface area contributed by atoms with Crippen LogP contribution in [-0.4, -0.2) is 40.7 Å². The number of nitrogens with zero attached hydrogens (tertiary/aromatic N) is 4. The Hall–Kier alpha value is -3.10. The smallest absolute Gasteiger partial charge is 0.181 e. The lowest BCUT2D eigenvalue weighted by Crippen LogP contribution is -2.37. The fraction of sp³-hybridized carbons (Fsp3) is 0.217. The van der Waals surface area contributed by atoms with Gasteiger partial charge in [-0.3, -0.25) is 4.40 Å². The van der Waals surface area contributed by atoms with E-state index >= 15 is 0 Å². The predicted octanol–water partition coefficient (Wildman–Crippen LogP) is 4.61. The zero-order valence-corrected chi connectivity index (χ0v) is 17.5. The van der Waals surface area contributed by atoms with Crippen LogP contribution in [0.25, 0.3) is 28.2 Å². The molecule has 2 aromatic heterocycles. The molecule has 1 saturated heterocycles. The number of imidazole rings is 1. The molecule has 2 aliphatic heterocycles. The van der Waals surface area contributed by atoms with Gasteiger partial charge in [-0.05, 0) is 53.9 Å². The lowest BCUT2D eigenvalue weighted by molar-refractivity contribution is 0.122. The third-order valence-corrected chi connectivity index (χ3v) is 6.56. The fourth-order valence-corrected chi connectivity index (χ4v) is 5.02. The second-order valence-corrected chi connectivity index (χ2v) is 8.40. The number of hydrogen-bond donors (Lipinski definition) is 1. The minimum absolute atomic E-state index is 0.259. The highest BCUT2D eigenvalue weighted by Crippen LogP contribution is 2.39. The van der Waals surface area contributed by atoms with Crippen molar-refractivity contribution in [1.82, 2.24) is 14.4 Å². The zero-order valence-electron chi connectivity index (χ0n) is 16.7. The monoisotopic (exact) mass is 433 g/mol. The number of nitrogens with one attached hydrogen (secondary N) is 1. The molecule has 0 bridgehead atoms. The molecule has 6 nitrogen and oxygen atoms in total. The van der Waals surface area contributed by atoms with Crippen LogP contribution in [0.3, 0.4) is 0 Å². The summed E-state index contributed by atoms with van der Waals surface area (Å²) in [6.07, 6.45) is 3.77. The molecule has 1 N–H and O–H groups in total. The number of ether oxygens (including phenoxy) is 1. The van der Waals surface area contributed by atoms with Gasteiger partial charge in [0.25, 0.3) is 0 Å². The Labute approximate surface area is 183 Å². The Bertz CT molecular complexity index is 1270. The van der Waals surface area contributed by atoms with Gasteiger partial charge in [0.1, 0.15) is 5.82 Å². The van der Waals surface area contributed by atoms with E-state index in [0.717, 1.165) is 58.5 Å². The Balaban J connectivity index is 1.59. The van der Waals surface area contributed by atoms with Crippen molar-refractivity contribution in [1.29, 1.82) is 0 Å². The van der Waals surface area contributed by atoms with Crippen LogP contribution in [0.1, 0.15) is 5.56 Å². The zero-order chi connectivity index (χ0) is 20.8. The largest absolute Gasteiger partial charge is 0.378 e. The van der Waals surface area contributed by atoms with Crippen molar-refractivity contribution in [2.75, 3.05) is 35.9 Å². The first-order valence-electron chi connectivity index (χ1n) is 10.2. The molecule has 156 valence electrons. The topological polar surface area (TPSA) is 54.7 Å². The molecule has 8 heteroatoms. The van der Waals surface area contributed by atoms with Crippen molar-refractivity contribution in [2.24, 2.45) is 0 Å². The van der Waals surface area contributed by atoms with Gasteiger partial charge >= 0.3 is 0 Å². The Kier molecular flexibility index (Phi) is 4.54. The summed E-state index contributed by atoms with van der Waals surface area (Å²) in [5.74, 6) is 1.51. The van der Waals surface area contributed by atoms with Crippen LogP contribution in [0.5, 0.6) is 0 Å². The van der Waals surface area contributed by atoms with E-state index in [1.54, 1.807) is 24.1 Å². The molecule has 31 heavy (non-hydrogen) atoms. The van der Waals surface area contributed by atoms with Gasteiger partial charge in [0.2, 0.25) is 0 Å². The van der Waals surface area contributed by atoms with Gasteiger partial charge in [-0.2, -0.15) is 0 Å². The Morgan fingerprint density at radius 3 is 2.68 bits per heavy atom. The van der Waals surface area contributed by atoms with Crippen molar-refractivity contribution in [3.05, 3.63) is 66.2 Å². The Morgan fingerprint density at radius 2 is 1.84 bits per heavy atom. The van der Waals surface area contributed by atoms with Crippen LogP contribution >= 0.6 is 11.9 Å². The average molecular weight is 434 g/mol. The molecule has 2 aromatic carbocycles. The van der Waals surface area contributed by atoms with E-state index in [1.807, 2.05) is 12.4 Å². The van der Waals surface area contributed by atoms with Gasteiger partial charge in [-0.1, -0.05) is 6.07 Å². The van der Waals surface area contributed by atoms with Gasteiger partial charge in [0.15, 0.2) is 11.5 Å². The van der Waals surface area contributed by atoms with E-state index in [-0.39, 0.29) is 5.82 Å². The molecule has 0 aliphatic carbocycles. The highest BCUT2D eigenvalue weighted by Gasteiger charge is 2.23. The maximum atomic E-state index is 13.6. The molecular weight excluding hydrogens is 413 g/mol. The first-order valence-corrected chi connectivity index (χ1v) is 11.2. The van der Waals surface area contributed by atoms with Gasteiger partial charge in [-0.15, -0.1) is 0 Å². The third-order valence-electron chi connectivity index (χ3n) is 5.74. The minimum atomic E-state index is -0.259. The van der Waals surface area contributed by atoms with Crippen LogP contribution < -0.4 is 9.62 Å². The summed E-state index contributed by atoms with van der Waals surface area (Å²) in [6.45, 7) is 2.91. The molecule has 0 spiro atoms. The van der Waals surface area contributed by atoms with Crippen molar-refractivity contribution >= 4 is 29.1 Å². The van der Waals surface area contributed by atoms with E-state index in [4.69, 9.17) is 9.72 Å². The van der Waals surface area contributed by atoms with Gasteiger partial charge in [0, 0.05) is 48.1 Å². The summed E-state index contributed by atoms with van der Waals surface area (Å²) in [5, 5.41) is 0. The summed E-state index contributed by atoms with van der Waals surface area (Å²) in [6, 6.07) is 13.0. The number of fused-ring (bicyclic) bond motifs is 2. The van der Waals surface area contributed by atoms with E-state index in [1.165, 1.54) is 17.7 Å². The minimum Gasteiger partial charge on any atom is -0.378 e. The molecule has 0 atom stereocenters. The van der Waals surface area contributed by atoms with Gasteiger partial charge in [-0.25, -0.2) is 14.4 Å². The molecule has 0 amide bonds. The number of hydrogen-bond acceptors (Lipinski definition) is 6. The maximum Gasteiger partial charge on any atom is 0.181 e. The number of anilines is 2. The summed E-state index contributed by atoms with van der Waals surface area (Å²) in [5.41, 5.74) is 6.98. The van der Waals surface area contributed by atoms with Crippen molar-refractivity contribution < 1.29 is 9.13 Å². The van der Waals surface area contributed by atoms with Gasteiger partial charge < -0.3 is 14.4 Å². The molecule has 4 heterocycles. The third kappa shape index (κ3) is 3.23. The van der Waals surface area contributed by atoms with E-state index in [2.05, 4.69) is 37.2 Å². The standard InChI is InChI=1S/C23H20FN5OS/c24-18-4-1-15(2-5-18)20-21(16-3-6-19-17(13-16)14-31-27-19)29-8-7-25-22(23(29)26-20)28-9-11-30-12-10-28/h1-8,13,27H,9-12,14H2. The molecule has 6 rings (SSSR count). The van der Waals surface area contributed by atoms with E-state index in [0.29, 0.717) is 13.2 Å². The molecule has 0 radical (unpaired) electrons. The van der Waals surface area contributed by atoms with Crippen LogP contribution in [0.15, 0.2) is 54.9 Å². The molecule has 1 fully saturated rings. The van der Waals surface area contributed by atoms with E-state index < -0.39 is 0 Å². The van der Waals surface area contributed by atoms with Crippen molar-refractivity contribution in [3.63, 3.8) is 0 Å². The summed E-state index contributed by atoms with van der Waals surface area (Å²) < 4.78 is 24.6. The quantitative estimate of drug-likeness (QED) is 0.476. The number of aromatic nitrogens is 3. The first kappa shape index (κ1) is 18.7. The van der Waals surface area contributed by atoms with Gasteiger partial charge in [0.05, 0.1) is 24.6 Å². The highest BCUT2D eigenvalue weighted by molar-refractivity contribution is 8.00. The fourth-order valence-electron chi connectivity index (χ4n) is 4.20. The van der Waals surface area contributed by atoms with Crippen molar-refractivity contribution in [3.8, 4) is 22.5 Å². The molecule has 2 aliphatic rings. The number of halogens is 1. The van der Waals surface area contributed by atoms with Crippen LogP contribution in [0, 0.1) is 5.82 Å². The summed E-state index contributed by atoms with van der Waals surface area (Å²) >= 11 is 1.69. The SMILES string of the molecule is Fc1ccc(-c2nc3c(N4CCOCC4)nccn3c2-c2ccc3c(c2)CSN3)cc1. The normalized spacial score (nSPS) is 15.8. The second-order valence-electron chi connectivity index (χ2n) is 7.62. The van der Waals surface area contributed by atoms with Crippen LogP contribution in [-0.2, 0) is 10.5 Å². The molecule has 0 unspecified atom stereocenters. The molecular formula is C23H20FN5OS. The first-order chi connectivity index (χ1) is 15.3. The summed E-state index contributed by atoms with van der Waals surface area (Å²) in [7, 11) is 0. The number of benzene rings is 2. The van der Waals surface area contributed by atoms with E-state index in [9.17, 15) is 4.39 Å². The van der Waals surface area contributed by atoms with Crippen molar-refractivity contribution in [2.45, 2.75) is 5.75 Å². The molecule has 0 saturated carbocycles. The number of rotatable bonds is 3. The lowest BCUT2D eigenvalue weighted by Gasteiger charge is -2.27. The Morgan fingerprint density at radius 1 is 1.03 bits per heavy atom. The van der Waals surface area contributed by atoms with Crippen LogP contribution in [0.2, 0.25) is 0 Å². The highest BCUT2D eigenvalue weighted by atomic mass is 32.2. The number of morpholine rings is 1. The second kappa shape index (κ2) is 7.55. The summed E-state index contributed by atoms with van der Waals surface area (Å²) in [4.78, 5) is 11.9. The van der Waals surface area contributed by atoms with Crippen LogP contribution in [0.4, 0.5) is 15.9 Å². The maximum absolute atomic E-state index is 13.6. The predicted molar refractivity (Wildman–Crippen MR) is 122 cm³/mol.